The van der Waals surface area contributed by atoms with Gasteiger partial charge in [0.25, 0.3) is 23.6 Å². The van der Waals surface area contributed by atoms with Crippen LogP contribution in [0.5, 0.6) is 0 Å². The van der Waals surface area contributed by atoms with E-state index in [4.69, 9.17) is 37.9 Å². The molecule has 8 amide bonds. The molecule has 28 heteroatoms. The molecule has 4 N–H and O–H groups in total. The molecule has 0 radical (unpaired) electrons. The summed E-state index contributed by atoms with van der Waals surface area (Å²) in [5.74, 6) is -7.38. The van der Waals surface area contributed by atoms with Crippen molar-refractivity contribution in [2.24, 2.45) is 0 Å². The summed E-state index contributed by atoms with van der Waals surface area (Å²) in [5.41, 5.74) is -9.13. The molecule has 0 saturated carbocycles. The first-order valence-electron chi connectivity index (χ1n) is 41.0. The van der Waals surface area contributed by atoms with E-state index in [-0.39, 0.29) is 151 Å². The highest BCUT2D eigenvalue weighted by Crippen LogP contribution is 2.47. The Labute approximate surface area is 693 Å². The number of rotatable bonds is 34. The Hall–Kier alpha value is -10.0. The first kappa shape index (κ1) is 95.1. The molecule has 5 aromatic rings. The van der Waals surface area contributed by atoms with Crippen molar-refractivity contribution in [3.8, 4) is 0 Å². The maximum atomic E-state index is 15.0. The minimum absolute atomic E-state index is 0.0585. The highest BCUT2D eigenvalue weighted by molar-refractivity contribution is 6.41. The first-order valence-corrected chi connectivity index (χ1v) is 41.0. The molecule has 0 saturated heterocycles. The van der Waals surface area contributed by atoms with Crippen molar-refractivity contribution in [2.45, 2.75) is 350 Å². The van der Waals surface area contributed by atoms with Crippen molar-refractivity contribution in [1.29, 1.82) is 0 Å². The van der Waals surface area contributed by atoms with E-state index in [1.165, 1.54) is 0 Å². The molecule has 0 aliphatic carbocycles. The molecule has 0 fully saturated rings. The van der Waals surface area contributed by atoms with Gasteiger partial charge in [-0.05, 0) is 300 Å². The van der Waals surface area contributed by atoms with Crippen LogP contribution in [0.4, 0.5) is 9.59 Å². The number of hydrogen-bond acceptors (Lipinski definition) is 22. The number of unbranched alkanes of at least 4 members (excludes halogenated alkanes) is 2. The molecule has 28 nitrogen and oxygen atoms in total. The van der Waals surface area contributed by atoms with Gasteiger partial charge in [-0.1, -0.05) is 24.3 Å². The van der Waals surface area contributed by atoms with Crippen LogP contribution in [0.1, 0.15) is 323 Å². The number of carbonyl (C=O) groups is 14. The number of nitrogens with zero attached hydrogens (tertiary/aromatic N) is 2. The number of hydrogen-bond donors (Lipinski definition) is 4. The van der Waals surface area contributed by atoms with Gasteiger partial charge in [0.15, 0.2) is 0 Å². The molecule has 0 unspecified atom stereocenters. The van der Waals surface area contributed by atoms with E-state index >= 15 is 0 Å². The zero-order valence-corrected chi connectivity index (χ0v) is 73.8. The van der Waals surface area contributed by atoms with E-state index in [2.05, 4.69) is 21.3 Å². The van der Waals surface area contributed by atoms with E-state index in [9.17, 15) is 67.1 Å². The van der Waals surface area contributed by atoms with Crippen molar-refractivity contribution in [3.05, 3.63) is 70.8 Å². The van der Waals surface area contributed by atoms with Gasteiger partial charge in [-0.2, -0.15) is 0 Å². The highest BCUT2D eigenvalue weighted by Gasteiger charge is 2.43. The van der Waals surface area contributed by atoms with E-state index in [0.29, 0.717) is 43.1 Å². The third-order valence-electron chi connectivity index (χ3n) is 19.2. The number of esters is 6. The number of ether oxygens (including phenoxy) is 8. The number of nitrogens with one attached hydrogen (secondary N) is 4. The summed E-state index contributed by atoms with van der Waals surface area (Å²) >= 11 is 0. The van der Waals surface area contributed by atoms with E-state index in [1.54, 1.807) is 215 Å². The van der Waals surface area contributed by atoms with Crippen molar-refractivity contribution in [1.82, 2.24) is 31.1 Å². The van der Waals surface area contributed by atoms with Crippen molar-refractivity contribution in [2.75, 3.05) is 13.1 Å². The van der Waals surface area contributed by atoms with Gasteiger partial charge in [0, 0.05) is 95.7 Å². The first-order chi connectivity index (χ1) is 54.1. The molecule has 2 aliphatic rings. The zero-order chi connectivity index (χ0) is 88.6. The molecule has 2 heterocycles. The lowest BCUT2D eigenvalue weighted by Crippen LogP contribution is -2.56. The molecule has 5 aromatic carbocycles. The largest absolute Gasteiger partial charge is 0.460 e. The number of benzene rings is 5. The van der Waals surface area contributed by atoms with Gasteiger partial charge in [-0.15, -0.1) is 0 Å². The van der Waals surface area contributed by atoms with Gasteiger partial charge in [-0.3, -0.25) is 67.3 Å². The molecule has 2 aliphatic heterocycles. The predicted molar refractivity (Wildman–Crippen MR) is 445 cm³/mol. The normalized spacial score (nSPS) is 14.4. The van der Waals surface area contributed by atoms with E-state index in [1.807, 2.05) is 0 Å². The second-order valence-electron chi connectivity index (χ2n) is 39.1. The Kier molecular flexibility index (Phi) is 29.9. The zero-order valence-electron chi connectivity index (χ0n) is 73.8. The maximum absolute atomic E-state index is 15.0. The quantitative estimate of drug-likeness (QED) is 0.00742. The molecule has 118 heavy (non-hydrogen) atoms. The molecular weight excluding hydrogens is 1520 g/mol. The Balaban J connectivity index is 1.13. The molecule has 7 rings (SSSR count). The fourth-order valence-corrected chi connectivity index (χ4v) is 14.7. The summed E-state index contributed by atoms with van der Waals surface area (Å²) in [6.45, 7) is 40.4. The lowest BCUT2D eigenvalue weighted by atomic mass is 9.82. The van der Waals surface area contributed by atoms with E-state index < -0.39 is 151 Å². The predicted octanol–water partition coefficient (Wildman–Crippen LogP) is 15.5. The Morgan fingerprint density at radius 3 is 0.686 bits per heavy atom. The van der Waals surface area contributed by atoms with Crippen LogP contribution in [0.15, 0.2) is 48.5 Å². The third kappa shape index (κ3) is 27.5. The van der Waals surface area contributed by atoms with Crippen LogP contribution in [-0.4, -0.2) is 174 Å². The Morgan fingerprint density at radius 1 is 0.288 bits per heavy atom. The van der Waals surface area contributed by atoms with Gasteiger partial charge in [0.05, 0.1) is 0 Å². The van der Waals surface area contributed by atoms with E-state index in [0.717, 1.165) is 9.80 Å². The van der Waals surface area contributed by atoms with Crippen LogP contribution in [0.3, 0.4) is 0 Å². The summed E-state index contributed by atoms with van der Waals surface area (Å²) in [6.07, 6.45) is -3.40. The topological polar surface area (TPSA) is 367 Å². The minimum Gasteiger partial charge on any atom is -0.460 e. The van der Waals surface area contributed by atoms with Crippen LogP contribution in [0.25, 0.3) is 43.1 Å². The summed E-state index contributed by atoms with van der Waals surface area (Å²) in [4.78, 5) is 200. The lowest BCUT2D eigenvalue weighted by molar-refractivity contribution is -0.158. The Morgan fingerprint density at radius 2 is 0.492 bits per heavy atom. The molecule has 0 spiro atoms. The second-order valence-corrected chi connectivity index (χ2v) is 39.1. The number of amides is 8. The minimum atomic E-state index is -1.46. The lowest BCUT2D eigenvalue weighted by Gasteiger charge is -2.37. The molecule has 0 aromatic heterocycles. The monoisotopic (exact) mass is 1640 g/mol. The Bertz CT molecular complexity index is 4070. The summed E-state index contributed by atoms with van der Waals surface area (Å²) < 4.78 is 45.2. The molecular formula is C90H126N6O22. The fraction of sp³-hybridized carbons (Fsp3) is 0.622. The van der Waals surface area contributed by atoms with Crippen LogP contribution in [0, 0.1) is 0 Å². The standard InChI is InChI=1S/C90H126N6O22/c1-81(2,3)111-63(97)39-45-89(46-40-64(98)112-82(4,5)6,47-41-65(99)113-83(7,8)9)93-73(103)61(91-79(109)117-87(19,20)21)29-25-27-51-95-75(105)57-35-31-53-55-33-37-59-72-60(38-34-56(70(55)72)54-32-36-58(76(95)106)71(57)69(53)54)78(108)96(77(59)107)52-28-26-30-62(92-80(110)118-88(22,23)24)74(104)94-90(48-42-66(100)114-84(10,11)12,49-43-67(101)115-85(13,14)15)50-44-68(102)116-86(16,17)18/h31-38,61-62H,25-30,39-52H2,1-24H3,(H,91,109)(H,92,110)(H,93,103)(H,94,104)/t61-,62-/m0/s1. The number of carbonyl (C=O) groups excluding carboxylic acids is 14. The van der Waals surface area contributed by atoms with Gasteiger partial charge in [0.1, 0.15) is 56.9 Å². The summed E-state index contributed by atoms with van der Waals surface area (Å²) in [6, 6.07) is 11.1. The average Bonchev–Trinajstić information content (AvgIpc) is 0.694. The summed E-state index contributed by atoms with van der Waals surface area (Å²) in [7, 11) is 0. The van der Waals surface area contributed by atoms with Crippen LogP contribution in [0.2, 0.25) is 0 Å². The third-order valence-corrected chi connectivity index (χ3v) is 19.2. The number of imide groups is 2. The number of alkyl carbamates (subject to hydrolysis) is 2. The van der Waals surface area contributed by atoms with Gasteiger partial charge < -0.3 is 59.2 Å². The molecule has 0 bridgehead atoms. The molecule has 648 valence electrons. The van der Waals surface area contributed by atoms with Crippen molar-refractivity contribution >= 4 is 127 Å². The van der Waals surface area contributed by atoms with Gasteiger partial charge in [-0.25, -0.2) is 9.59 Å². The average molecular weight is 1640 g/mol. The van der Waals surface area contributed by atoms with Crippen LogP contribution in [-0.2, 0) is 76.3 Å². The van der Waals surface area contributed by atoms with Crippen LogP contribution < -0.4 is 21.3 Å². The van der Waals surface area contributed by atoms with Gasteiger partial charge >= 0.3 is 48.0 Å². The highest BCUT2D eigenvalue weighted by atomic mass is 16.6. The number of fused-ring (bicyclic) bond motifs is 2. The smallest absolute Gasteiger partial charge is 0.408 e. The molecule has 2 atom stereocenters. The SMILES string of the molecule is CC(C)(C)OC(=O)CCC(CCC(=O)OC(C)(C)C)(CCC(=O)OC(C)(C)C)NC(=O)[C@H](CCCCN1C(=O)c2ccc3c4ccc5c6c(ccc(c7ccc(c2c37)C1=O)c64)C(=O)N(CCCC[C@H](NC(=O)OC(C)(C)C)C(=O)NC(CCC(=O)OC(C)(C)C)(CCC(=O)OC(C)(C)C)CCC(=O)OC(C)(C)C)C5=O)NC(=O)OC(C)(C)C. The second kappa shape index (κ2) is 37.1. The van der Waals surface area contributed by atoms with Crippen LogP contribution >= 0.6 is 0 Å². The van der Waals surface area contributed by atoms with Gasteiger partial charge in [0.2, 0.25) is 11.8 Å². The van der Waals surface area contributed by atoms with Crippen molar-refractivity contribution in [3.63, 3.8) is 0 Å². The fourth-order valence-electron chi connectivity index (χ4n) is 14.7. The van der Waals surface area contributed by atoms with Crippen molar-refractivity contribution < 1.29 is 105 Å². The maximum Gasteiger partial charge on any atom is 0.408 e. The summed E-state index contributed by atoms with van der Waals surface area (Å²) in [5, 5.41) is 16.2.